The topological polar surface area (TPSA) is 28.5 Å². The fraction of sp³-hybridized carbons (Fsp3) is 0.333. The number of aliphatic imine (C=N–C) groups is 1. The maximum Gasteiger partial charge on any atom is 0.0636 e. The lowest BCUT2D eigenvalue weighted by Crippen LogP contribution is -2.35. The lowest BCUT2D eigenvalue weighted by molar-refractivity contribution is 0.661. The minimum Gasteiger partial charge on any atom is -0.366 e. The summed E-state index contributed by atoms with van der Waals surface area (Å²) in [4.78, 5) is 10.8. The van der Waals surface area contributed by atoms with Crippen LogP contribution in [0.3, 0.4) is 0 Å². The van der Waals surface area contributed by atoms with Gasteiger partial charge in [-0.05, 0) is 6.07 Å². The molecule has 0 saturated carbocycles. The zero-order valence-electron chi connectivity index (χ0n) is 8.88. The van der Waals surface area contributed by atoms with E-state index in [0.717, 1.165) is 0 Å². The first-order valence-electron chi connectivity index (χ1n) is 5.19. The number of nitrogens with zero attached hydrogens (tertiary/aromatic N) is 3. The third-order valence-electron chi connectivity index (χ3n) is 3.26. The molecule has 0 bridgehead atoms. The van der Waals surface area contributed by atoms with Gasteiger partial charge in [0.25, 0.3) is 0 Å². The van der Waals surface area contributed by atoms with Gasteiger partial charge in [0.15, 0.2) is 0 Å². The van der Waals surface area contributed by atoms with E-state index in [1.165, 1.54) is 16.8 Å². The second kappa shape index (κ2) is 2.92. The molecule has 3 heteroatoms. The Morgan fingerprint density at radius 3 is 3.13 bits per heavy atom. The van der Waals surface area contributed by atoms with E-state index < -0.39 is 0 Å². The number of fused-ring (bicyclic) bond motifs is 3. The van der Waals surface area contributed by atoms with Crippen LogP contribution in [-0.2, 0) is 0 Å². The zero-order valence-corrected chi connectivity index (χ0v) is 8.88. The first-order chi connectivity index (χ1) is 7.29. The van der Waals surface area contributed by atoms with Crippen LogP contribution < -0.4 is 4.90 Å². The summed E-state index contributed by atoms with van der Waals surface area (Å²) in [6.45, 7) is 2.21. The van der Waals surface area contributed by atoms with Crippen molar-refractivity contribution in [3.05, 3.63) is 30.2 Å². The predicted molar refractivity (Wildman–Crippen MR) is 62.1 cm³/mol. The summed E-state index contributed by atoms with van der Waals surface area (Å²) in [5, 5.41) is 0. The number of pyridine rings is 1. The van der Waals surface area contributed by atoms with Crippen LogP contribution in [0.4, 0.5) is 5.69 Å². The van der Waals surface area contributed by atoms with Crippen LogP contribution in [0.2, 0.25) is 0 Å². The van der Waals surface area contributed by atoms with Crippen LogP contribution in [0.25, 0.3) is 5.57 Å². The van der Waals surface area contributed by atoms with E-state index >= 15 is 0 Å². The first-order valence-corrected chi connectivity index (χ1v) is 5.19. The molecular formula is C12H13N3. The second-order valence-corrected chi connectivity index (χ2v) is 4.19. The monoisotopic (exact) mass is 199 g/mol. The largest absolute Gasteiger partial charge is 0.366 e. The van der Waals surface area contributed by atoms with E-state index in [1.54, 1.807) is 0 Å². The standard InChI is InChI=1S/C12H13N3/c1-8-5-14-7-10-9-6-13-4-3-11(9)15(2)12(8)10/h3-8,12H,1-2H3. The van der Waals surface area contributed by atoms with Crippen LogP contribution in [0.15, 0.2) is 29.7 Å². The molecule has 2 unspecified atom stereocenters. The van der Waals surface area contributed by atoms with Crippen molar-refractivity contribution in [3.8, 4) is 0 Å². The lowest BCUT2D eigenvalue weighted by Gasteiger charge is -2.28. The molecule has 76 valence electrons. The van der Waals surface area contributed by atoms with Gasteiger partial charge in [-0.3, -0.25) is 9.98 Å². The Morgan fingerprint density at radius 2 is 2.27 bits per heavy atom. The minimum absolute atomic E-state index is 0.432. The predicted octanol–water partition coefficient (Wildman–Crippen LogP) is 1.96. The molecular weight excluding hydrogens is 186 g/mol. The zero-order chi connectivity index (χ0) is 10.4. The summed E-state index contributed by atoms with van der Waals surface area (Å²) in [7, 11) is 2.14. The fourth-order valence-electron chi connectivity index (χ4n) is 2.56. The Morgan fingerprint density at radius 1 is 1.40 bits per heavy atom. The third-order valence-corrected chi connectivity index (χ3v) is 3.26. The summed E-state index contributed by atoms with van der Waals surface area (Å²) < 4.78 is 0. The number of aromatic nitrogens is 1. The molecule has 1 aromatic heterocycles. The van der Waals surface area contributed by atoms with E-state index in [1.807, 2.05) is 24.8 Å². The molecule has 1 aromatic rings. The van der Waals surface area contributed by atoms with Gasteiger partial charge in [0.05, 0.1) is 6.04 Å². The molecule has 15 heavy (non-hydrogen) atoms. The maximum absolute atomic E-state index is 4.29. The van der Waals surface area contributed by atoms with Crippen LogP contribution in [-0.4, -0.2) is 24.3 Å². The molecule has 0 spiro atoms. The number of anilines is 1. The van der Waals surface area contributed by atoms with Gasteiger partial charge in [0.1, 0.15) is 0 Å². The van der Waals surface area contributed by atoms with Crippen molar-refractivity contribution in [2.45, 2.75) is 13.0 Å². The molecule has 3 heterocycles. The molecule has 0 amide bonds. The highest BCUT2D eigenvalue weighted by Crippen LogP contribution is 2.42. The number of hydrogen-bond donors (Lipinski definition) is 0. The van der Waals surface area contributed by atoms with Gasteiger partial charge in [0.2, 0.25) is 0 Å². The molecule has 0 saturated heterocycles. The summed E-state index contributed by atoms with van der Waals surface area (Å²) in [5.41, 5.74) is 3.79. The fourth-order valence-corrected chi connectivity index (χ4v) is 2.56. The second-order valence-electron chi connectivity index (χ2n) is 4.19. The van der Waals surface area contributed by atoms with E-state index in [9.17, 15) is 0 Å². The van der Waals surface area contributed by atoms with Gasteiger partial charge < -0.3 is 4.90 Å². The first kappa shape index (κ1) is 8.65. The van der Waals surface area contributed by atoms with Crippen molar-refractivity contribution in [1.29, 1.82) is 0 Å². The van der Waals surface area contributed by atoms with E-state index in [4.69, 9.17) is 0 Å². The minimum atomic E-state index is 0.432. The number of hydrogen-bond acceptors (Lipinski definition) is 3. The molecule has 2 atom stereocenters. The Balaban J connectivity index is 2.20. The van der Waals surface area contributed by atoms with Gasteiger partial charge in [-0.15, -0.1) is 0 Å². The summed E-state index contributed by atoms with van der Waals surface area (Å²) in [5.74, 6) is 0.461. The van der Waals surface area contributed by atoms with Crippen LogP contribution >= 0.6 is 0 Å². The van der Waals surface area contributed by atoms with Gasteiger partial charge in [-0.2, -0.15) is 0 Å². The van der Waals surface area contributed by atoms with Crippen molar-refractivity contribution in [1.82, 2.24) is 4.98 Å². The molecule has 3 rings (SSSR count). The van der Waals surface area contributed by atoms with Crippen molar-refractivity contribution in [2.24, 2.45) is 10.9 Å². The Hall–Kier alpha value is -1.64. The Kier molecular flexibility index (Phi) is 1.69. The van der Waals surface area contributed by atoms with Gasteiger partial charge >= 0.3 is 0 Å². The Labute approximate surface area is 89.2 Å². The highest BCUT2D eigenvalue weighted by atomic mass is 15.2. The average molecular weight is 199 g/mol. The molecule has 2 aliphatic rings. The SMILES string of the molecule is CC1C=NC=C2c3cnccc3N(C)C21. The van der Waals surface area contributed by atoms with E-state index in [-0.39, 0.29) is 0 Å². The lowest BCUT2D eigenvalue weighted by atomic mass is 9.93. The number of likely N-dealkylation sites (N-methyl/N-ethyl adjacent to an activating group) is 1. The average Bonchev–Trinajstić information content (AvgIpc) is 2.55. The normalized spacial score (nSPS) is 27.3. The molecule has 0 aromatic carbocycles. The quantitative estimate of drug-likeness (QED) is 0.639. The van der Waals surface area contributed by atoms with E-state index in [0.29, 0.717) is 12.0 Å². The van der Waals surface area contributed by atoms with Crippen molar-refractivity contribution < 1.29 is 0 Å². The molecule has 3 nitrogen and oxygen atoms in total. The summed E-state index contributed by atoms with van der Waals surface area (Å²) in [6.07, 6.45) is 7.77. The molecule has 0 N–H and O–H groups in total. The summed E-state index contributed by atoms with van der Waals surface area (Å²) >= 11 is 0. The smallest absolute Gasteiger partial charge is 0.0636 e. The summed E-state index contributed by atoms with van der Waals surface area (Å²) in [6, 6.07) is 2.50. The highest BCUT2D eigenvalue weighted by Gasteiger charge is 2.35. The molecule has 2 aliphatic heterocycles. The highest BCUT2D eigenvalue weighted by molar-refractivity contribution is 5.91. The van der Waals surface area contributed by atoms with Gasteiger partial charge in [-0.25, -0.2) is 0 Å². The van der Waals surface area contributed by atoms with Gasteiger partial charge in [0, 0.05) is 54.6 Å². The third kappa shape index (κ3) is 1.06. The van der Waals surface area contributed by atoms with Crippen molar-refractivity contribution in [2.75, 3.05) is 11.9 Å². The van der Waals surface area contributed by atoms with Crippen LogP contribution in [0.1, 0.15) is 12.5 Å². The molecule has 0 radical (unpaired) electrons. The Bertz CT molecular complexity index is 462. The van der Waals surface area contributed by atoms with Crippen LogP contribution in [0, 0.1) is 5.92 Å². The van der Waals surface area contributed by atoms with Gasteiger partial charge in [-0.1, -0.05) is 6.92 Å². The van der Waals surface area contributed by atoms with E-state index in [2.05, 4.69) is 34.9 Å². The van der Waals surface area contributed by atoms with Crippen molar-refractivity contribution in [3.63, 3.8) is 0 Å². The molecule has 0 fully saturated rings. The maximum atomic E-state index is 4.29. The molecule has 0 aliphatic carbocycles. The van der Waals surface area contributed by atoms with Crippen LogP contribution in [0.5, 0.6) is 0 Å². The van der Waals surface area contributed by atoms with Crippen molar-refractivity contribution >= 4 is 17.5 Å². The number of rotatable bonds is 0.